The van der Waals surface area contributed by atoms with Crippen molar-refractivity contribution in [2.45, 2.75) is 26.7 Å². The zero-order chi connectivity index (χ0) is 19.2. The van der Waals surface area contributed by atoms with Gasteiger partial charge in [-0.05, 0) is 38.0 Å². The Morgan fingerprint density at radius 1 is 1.15 bits per heavy atom. The summed E-state index contributed by atoms with van der Waals surface area (Å²) in [7, 11) is 1.67. The van der Waals surface area contributed by atoms with E-state index in [1.807, 2.05) is 29.6 Å². The van der Waals surface area contributed by atoms with Crippen LogP contribution in [0.25, 0.3) is 10.6 Å². The number of thiazole rings is 1. The van der Waals surface area contributed by atoms with Crippen LogP contribution in [0.2, 0.25) is 0 Å². The van der Waals surface area contributed by atoms with Crippen LogP contribution < -0.4 is 10.1 Å². The van der Waals surface area contributed by atoms with Gasteiger partial charge in [-0.25, -0.2) is 4.98 Å². The average Bonchev–Trinajstić information content (AvgIpc) is 3.10. The lowest BCUT2D eigenvalue weighted by Gasteiger charge is -2.10. The molecule has 0 spiro atoms. The number of aromatic nitrogens is 1. The van der Waals surface area contributed by atoms with Crippen molar-refractivity contribution in [1.29, 1.82) is 0 Å². The van der Waals surface area contributed by atoms with E-state index >= 15 is 0 Å². The quantitative estimate of drug-likeness (QED) is 0.663. The molecular weight excluding hydrogens is 356 g/mol. The Morgan fingerprint density at radius 2 is 1.96 bits per heavy atom. The fourth-order valence-corrected chi connectivity index (χ4v) is 3.78. The number of rotatable bonds is 7. The molecule has 0 saturated carbocycles. The van der Waals surface area contributed by atoms with Crippen LogP contribution in [0.5, 0.6) is 5.75 Å². The molecule has 0 aliphatic heterocycles. The van der Waals surface area contributed by atoms with E-state index in [1.54, 1.807) is 18.4 Å². The summed E-state index contributed by atoms with van der Waals surface area (Å²) in [6.07, 6.45) is 1.04. The Balaban J connectivity index is 1.54. The van der Waals surface area contributed by atoms with Gasteiger partial charge < -0.3 is 10.1 Å². The summed E-state index contributed by atoms with van der Waals surface area (Å²) in [5.41, 5.74) is 5.39. The fraction of sp³-hybridized carbons (Fsp3) is 0.273. The number of hydrogen-bond acceptors (Lipinski definition) is 4. The van der Waals surface area contributed by atoms with Crippen molar-refractivity contribution < 1.29 is 9.53 Å². The molecule has 5 heteroatoms. The number of hydrogen-bond donors (Lipinski definition) is 1. The molecule has 2 aromatic carbocycles. The molecule has 0 aliphatic carbocycles. The summed E-state index contributed by atoms with van der Waals surface area (Å²) in [5.74, 6) is 0.847. The second-order valence-electron chi connectivity index (χ2n) is 6.61. The molecule has 1 N–H and O–H groups in total. The Hall–Kier alpha value is -2.66. The number of nitrogens with zero attached hydrogens (tertiary/aromatic N) is 1. The first-order valence-corrected chi connectivity index (χ1v) is 9.85. The van der Waals surface area contributed by atoms with E-state index in [9.17, 15) is 4.79 Å². The van der Waals surface area contributed by atoms with Gasteiger partial charge in [-0.1, -0.05) is 41.5 Å². The average molecular weight is 381 g/mol. The molecule has 0 bridgehead atoms. The first-order valence-electron chi connectivity index (χ1n) is 8.97. The Bertz CT molecular complexity index is 934. The minimum absolute atomic E-state index is 0.0114. The van der Waals surface area contributed by atoms with Gasteiger partial charge >= 0.3 is 0 Å². The second kappa shape index (κ2) is 8.82. The third-order valence-electron chi connectivity index (χ3n) is 4.31. The van der Waals surface area contributed by atoms with Crippen molar-refractivity contribution in [3.05, 3.63) is 70.2 Å². The van der Waals surface area contributed by atoms with Crippen molar-refractivity contribution in [1.82, 2.24) is 10.3 Å². The maximum atomic E-state index is 12.2. The van der Waals surface area contributed by atoms with E-state index in [0.29, 0.717) is 13.0 Å². The van der Waals surface area contributed by atoms with Crippen LogP contribution in [0.4, 0.5) is 0 Å². The van der Waals surface area contributed by atoms with Gasteiger partial charge in [0.1, 0.15) is 10.8 Å². The minimum atomic E-state index is -0.0114. The second-order valence-corrected chi connectivity index (χ2v) is 7.46. The number of carbonyl (C=O) groups excluding carboxylic acids is 1. The molecule has 4 nitrogen and oxygen atoms in total. The molecular formula is C22H24N2O2S. The van der Waals surface area contributed by atoms with Crippen LogP contribution in [-0.2, 0) is 17.6 Å². The highest BCUT2D eigenvalue weighted by molar-refractivity contribution is 7.13. The number of nitrogens with one attached hydrogen (secondary N) is 1. The van der Waals surface area contributed by atoms with Gasteiger partial charge in [0, 0.05) is 17.5 Å². The number of carbonyl (C=O) groups is 1. The Labute approximate surface area is 164 Å². The molecule has 0 unspecified atom stereocenters. The molecule has 140 valence electrons. The minimum Gasteiger partial charge on any atom is -0.496 e. The highest BCUT2D eigenvalue weighted by Gasteiger charge is 2.10. The number of aryl methyl sites for hydroxylation is 2. The van der Waals surface area contributed by atoms with Gasteiger partial charge in [-0.2, -0.15) is 0 Å². The van der Waals surface area contributed by atoms with Gasteiger partial charge in [0.25, 0.3) is 0 Å². The smallest absolute Gasteiger partial charge is 0.226 e. The zero-order valence-corrected chi connectivity index (χ0v) is 16.7. The van der Waals surface area contributed by atoms with Gasteiger partial charge in [-0.3, -0.25) is 4.79 Å². The van der Waals surface area contributed by atoms with E-state index in [-0.39, 0.29) is 5.91 Å². The first-order chi connectivity index (χ1) is 13.0. The molecule has 0 fully saturated rings. The summed E-state index contributed by atoms with van der Waals surface area (Å²) in [4.78, 5) is 16.9. The van der Waals surface area contributed by atoms with E-state index in [2.05, 4.69) is 42.3 Å². The number of benzene rings is 2. The molecule has 3 rings (SSSR count). The monoisotopic (exact) mass is 380 g/mol. The number of ether oxygens (including phenoxy) is 1. The third-order valence-corrected chi connectivity index (χ3v) is 5.25. The molecule has 1 heterocycles. The molecule has 27 heavy (non-hydrogen) atoms. The number of amides is 1. The first kappa shape index (κ1) is 19.1. The topological polar surface area (TPSA) is 51.2 Å². The van der Waals surface area contributed by atoms with Crippen molar-refractivity contribution in [2.24, 2.45) is 0 Å². The molecule has 0 radical (unpaired) electrons. The summed E-state index contributed by atoms with van der Waals surface area (Å²) in [6, 6.07) is 14.3. The van der Waals surface area contributed by atoms with Gasteiger partial charge in [0.2, 0.25) is 5.91 Å². The van der Waals surface area contributed by atoms with Gasteiger partial charge in [-0.15, -0.1) is 11.3 Å². The summed E-state index contributed by atoms with van der Waals surface area (Å²) < 4.78 is 5.39. The highest BCUT2D eigenvalue weighted by atomic mass is 32.1. The summed E-state index contributed by atoms with van der Waals surface area (Å²) >= 11 is 1.57. The van der Waals surface area contributed by atoms with Crippen molar-refractivity contribution in [2.75, 3.05) is 13.7 Å². The molecule has 0 aliphatic rings. The normalized spacial score (nSPS) is 10.6. The SMILES string of the molecule is COc1ccc(C)cc1CCNC(=O)Cc1csc(-c2cccc(C)c2)n1. The predicted octanol–water partition coefficient (Wildman–Crippen LogP) is 4.34. The molecule has 1 aromatic heterocycles. The fourth-order valence-electron chi connectivity index (χ4n) is 2.97. The van der Waals surface area contributed by atoms with Crippen LogP contribution in [0.3, 0.4) is 0 Å². The zero-order valence-electron chi connectivity index (χ0n) is 15.9. The van der Waals surface area contributed by atoms with E-state index in [0.717, 1.165) is 34.0 Å². The standard InChI is InChI=1S/C22H24N2O2S/c1-15-5-4-6-18(12-15)22-24-19(14-27-22)13-21(25)23-10-9-17-11-16(2)7-8-20(17)26-3/h4-8,11-12,14H,9-10,13H2,1-3H3,(H,23,25). The van der Waals surface area contributed by atoms with Crippen LogP contribution in [0.15, 0.2) is 47.8 Å². The molecule has 0 saturated heterocycles. The largest absolute Gasteiger partial charge is 0.496 e. The van der Waals surface area contributed by atoms with E-state index < -0.39 is 0 Å². The van der Waals surface area contributed by atoms with E-state index in [4.69, 9.17) is 4.74 Å². The molecule has 1 amide bonds. The van der Waals surface area contributed by atoms with E-state index in [1.165, 1.54) is 11.1 Å². The van der Waals surface area contributed by atoms with Crippen molar-refractivity contribution in [3.63, 3.8) is 0 Å². The lowest BCUT2D eigenvalue weighted by atomic mass is 10.1. The lowest BCUT2D eigenvalue weighted by molar-refractivity contribution is -0.120. The van der Waals surface area contributed by atoms with Crippen molar-refractivity contribution in [3.8, 4) is 16.3 Å². The lowest BCUT2D eigenvalue weighted by Crippen LogP contribution is -2.27. The molecule has 3 aromatic rings. The maximum absolute atomic E-state index is 12.2. The van der Waals surface area contributed by atoms with Gasteiger partial charge in [0.15, 0.2) is 0 Å². The van der Waals surface area contributed by atoms with Crippen LogP contribution in [0.1, 0.15) is 22.4 Å². The van der Waals surface area contributed by atoms with Gasteiger partial charge in [0.05, 0.1) is 19.2 Å². The van der Waals surface area contributed by atoms with Crippen LogP contribution in [0, 0.1) is 13.8 Å². The maximum Gasteiger partial charge on any atom is 0.226 e. The van der Waals surface area contributed by atoms with Crippen molar-refractivity contribution >= 4 is 17.2 Å². The Morgan fingerprint density at radius 3 is 2.74 bits per heavy atom. The summed E-state index contributed by atoms with van der Waals surface area (Å²) in [6.45, 7) is 4.69. The predicted molar refractivity (Wildman–Crippen MR) is 110 cm³/mol. The molecule has 0 atom stereocenters. The highest BCUT2D eigenvalue weighted by Crippen LogP contribution is 2.24. The third kappa shape index (κ3) is 5.17. The van der Waals surface area contributed by atoms with Crippen LogP contribution in [-0.4, -0.2) is 24.5 Å². The van der Waals surface area contributed by atoms with Crippen LogP contribution >= 0.6 is 11.3 Å². The number of methoxy groups -OCH3 is 1. The Kier molecular flexibility index (Phi) is 6.24. The summed E-state index contributed by atoms with van der Waals surface area (Å²) in [5, 5.41) is 5.89.